The summed E-state index contributed by atoms with van der Waals surface area (Å²) in [6.07, 6.45) is 1.56. The number of rotatable bonds is 5. The second kappa shape index (κ2) is 4.91. The van der Waals surface area contributed by atoms with Crippen LogP contribution in [-0.2, 0) is 6.54 Å². The average Bonchev–Trinajstić information content (AvgIpc) is 2.82. The zero-order valence-electron chi connectivity index (χ0n) is 10.8. The van der Waals surface area contributed by atoms with Crippen molar-refractivity contribution in [3.63, 3.8) is 0 Å². The van der Waals surface area contributed by atoms with E-state index >= 15 is 0 Å². The molecule has 0 saturated carbocycles. The van der Waals surface area contributed by atoms with Crippen molar-refractivity contribution < 1.29 is 14.0 Å². The van der Waals surface area contributed by atoms with Gasteiger partial charge in [-0.05, 0) is 33.0 Å². The predicted octanol–water partition coefficient (Wildman–Crippen LogP) is 1.53. The summed E-state index contributed by atoms with van der Waals surface area (Å²) in [4.78, 5) is 6.14. The summed E-state index contributed by atoms with van der Waals surface area (Å²) in [5.41, 5.74) is -0.751. The molecule has 2 rings (SSSR count). The summed E-state index contributed by atoms with van der Waals surface area (Å²) in [6.45, 7) is 4.51. The van der Waals surface area contributed by atoms with E-state index in [2.05, 4.69) is 10.1 Å². The van der Waals surface area contributed by atoms with Crippen LogP contribution < -0.4 is 0 Å². The summed E-state index contributed by atoms with van der Waals surface area (Å²) in [5.74, 6) is 1.51. The fourth-order valence-corrected chi connectivity index (χ4v) is 1.77. The minimum atomic E-state index is -0.751. The van der Waals surface area contributed by atoms with Gasteiger partial charge in [0.2, 0.25) is 11.7 Å². The summed E-state index contributed by atoms with van der Waals surface area (Å²) in [5, 5.41) is 13.5. The Bertz CT molecular complexity index is 485. The normalized spacial score (nSPS) is 12.3. The average molecular weight is 251 g/mol. The van der Waals surface area contributed by atoms with E-state index in [4.69, 9.17) is 8.94 Å². The van der Waals surface area contributed by atoms with Crippen molar-refractivity contribution in [2.75, 3.05) is 13.6 Å². The van der Waals surface area contributed by atoms with Gasteiger partial charge in [-0.3, -0.25) is 4.90 Å². The van der Waals surface area contributed by atoms with Gasteiger partial charge >= 0.3 is 0 Å². The van der Waals surface area contributed by atoms with Gasteiger partial charge in [0.05, 0.1) is 18.4 Å². The first kappa shape index (κ1) is 12.8. The van der Waals surface area contributed by atoms with Gasteiger partial charge in [-0.1, -0.05) is 5.16 Å². The van der Waals surface area contributed by atoms with Gasteiger partial charge in [0.25, 0.3) is 0 Å². The first-order chi connectivity index (χ1) is 8.44. The van der Waals surface area contributed by atoms with Gasteiger partial charge in [0, 0.05) is 6.54 Å². The van der Waals surface area contributed by atoms with E-state index in [9.17, 15) is 5.11 Å². The van der Waals surface area contributed by atoms with Crippen LogP contribution in [0.25, 0.3) is 11.6 Å². The first-order valence-electron chi connectivity index (χ1n) is 5.71. The number of nitrogens with zero attached hydrogens (tertiary/aromatic N) is 3. The molecule has 2 aromatic rings. The Morgan fingerprint density at radius 1 is 1.44 bits per heavy atom. The van der Waals surface area contributed by atoms with E-state index in [1.807, 2.05) is 11.9 Å². The van der Waals surface area contributed by atoms with Gasteiger partial charge in [-0.25, -0.2) is 0 Å². The third kappa shape index (κ3) is 3.41. The second-order valence-corrected chi connectivity index (χ2v) is 4.97. The van der Waals surface area contributed by atoms with E-state index in [0.717, 1.165) is 0 Å². The minimum absolute atomic E-state index is 0.437. The SMILES string of the molecule is CN(Cc1nc(-c2ccco2)no1)CC(C)(C)O. The number of furan rings is 1. The molecule has 0 unspecified atom stereocenters. The zero-order valence-corrected chi connectivity index (χ0v) is 10.8. The highest BCUT2D eigenvalue weighted by Gasteiger charge is 2.18. The van der Waals surface area contributed by atoms with Gasteiger partial charge in [0.1, 0.15) is 0 Å². The zero-order chi connectivity index (χ0) is 13.2. The molecule has 0 aliphatic heterocycles. The maximum Gasteiger partial charge on any atom is 0.241 e. The predicted molar refractivity (Wildman–Crippen MR) is 64.6 cm³/mol. The second-order valence-electron chi connectivity index (χ2n) is 4.97. The number of hydrogen-bond donors (Lipinski definition) is 1. The first-order valence-corrected chi connectivity index (χ1v) is 5.71. The Hall–Kier alpha value is -1.66. The third-order valence-corrected chi connectivity index (χ3v) is 2.27. The van der Waals surface area contributed by atoms with E-state index in [1.165, 1.54) is 0 Å². The lowest BCUT2D eigenvalue weighted by Crippen LogP contribution is -2.35. The van der Waals surface area contributed by atoms with E-state index in [1.54, 1.807) is 32.2 Å². The van der Waals surface area contributed by atoms with Crippen molar-refractivity contribution in [2.45, 2.75) is 26.0 Å². The molecule has 0 aromatic carbocycles. The topological polar surface area (TPSA) is 75.5 Å². The number of hydrogen-bond acceptors (Lipinski definition) is 6. The molecule has 18 heavy (non-hydrogen) atoms. The molecule has 0 atom stereocenters. The fraction of sp³-hybridized carbons (Fsp3) is 0.500. The lowest BCUT2D eigenvalue weighted by atomic mass is 10.1. The molecule has 2 aromatic heterocycles. The van der Waals surface area contributed by atoms with Crippen LogP contribution in [-0.4, -0.2) is 39.3 Å². The lowest BCUT2D eigenvalue weighted by Gasteiger charge is -2.23. The molecule has 1 N–H and O–H groups in total. The molecular weight excluding hydrogens is 234 g/mol. The van der Waals surface area contributed by atoms with Crippen LogP contribution in [0, 0.1) is 0 Å². The largest absolute Gasteiger partial charge is 0.461 e. The van der Waals surface area contributed by atoms with E-state index in [0.29, 0.717) is 30.6 Å². The Kier molecular flexibility index (Phi) is 3.49. The molecule has 6 heteroatoms. The highest BCUT2D eigenvalue weighted by molar-refractivity contribution is 5.44. The van der Waals surface area contributed by atoms with Crippen molar-refractivity contribution in [1.29, 1.82) is 0 Å². The van der Waals surface area contributed by atoms with Crippen LogP contribution in [0.15, 0.2) is 27.3 Å². The van der Waals surface area contributed by atoms with E-state index in [-0.39, 0.29) is 0 Å². The van der Waals surface area contributed by atoms with Gasteiger partial charge in [0.15, 0.2) is 5.76 Å². The van der Waals surface area contributed by atoms with Crippen molar-refractivity contribution in [3.8, 4) is 11.6 Å². The molecule has 98 valence electrons. The lowest BCUT2D eigenvalue weighted by molar-refractivity contribution is 0.0397. The Labute approximate surface area is 105 Å². The molecule has 0 fully saturated rings. The van der Waals surface area contributed by atoms with Crippen molar-refractivity contribution in [3.05, 3.63) is 24.3 Å². The van der Waals surface area contributed by atoms with E-state index < -0.39 is 5.60 Å². The molecule has 0 spiro atoms. The summed E-state index contributed by atoms with van der Waals surface area (Å²) < 4.78 is 10.3. The minimum Gasteiger partial charge on any atom is -0.461 e. The third-order valence-electron chi connectivity index (χ3n) is 2.27. The van der Waals surface area contributed by atoms with Crippen LogP contribution in [0.4, 0.5) is 0 Å². The highest BCUT2D eigenvalue weighted by atomic mass is 16.5. The molecule has 6 nitrogen and oxygen atoms in total. The molecular formula is C12H17N3O3. The summed E-state index contributed by atoms with van der Waals surface area (Å²) in [7, 11) is 1.88. The van der Waals surface area contributed by atoms with Gasteiger partial charge in [-0.15, -0.1) is 0 Å². The van der Waals surface area contributed by atoms with Crippen molar-refractivity contribution in [2.24, 2.45) is 0 Å². The number of aromatic nitrogens is 2. The Balaban J connectivity index is 1.99. The Morgan fingerprint density at radius 3 is 2.83 bits per heavy atom. The summed E-state index contributed by atoms with van der Waals surface area (Å²) in [6, 6.07) is 3.54. The standard InChI is InChI=1S/C12H17N3O3/c1-12(2,16)8-15(3)7-10-13-11(14-18-10)9-5-4-6-17-9/h4-6,16H,7-8H2,1-3H3. The van der Waals surface area contributed by atoms with Crippen LogP contribution in [0.2, 0.25) is 0 Å². The molecule has 0 aliphatic carbocycles. The van der Waals surface area contributed by atoms with Crippen molar-refractivity contribution >= 4 is 0 Å². The molecule has 0 bridgehead atoms. The fourth-order valence-electron chi connectivity index (χ4n) is 1.77. The molecule has 0 saturated heterocycles. The molecule has 0 radical (unpaired) electrons. The summed E-state index contributed by atoms with van der Waals surface area (Å²) >= 11 is 0. The maximum atomic E-state index is 9.70. The number of likely N-dealkylation sites (N-methyl/N-ethyl adjacent to an activating group) is 1. The Morgan fingerprint density at radius 2 is 2.22 bits per heavy atom. The quantitative estimate of drug-likeness (QED) is 0.868. The van der Waals surface area contributed by atoms with Crippen LogP contribution >= 0.6 is 0 Å². The maximum absolute atomic E-state index is 9.70. The smallest absolute Gasteiger partial charge is 0.241 e. The van der Waals surface area contributed by atoms with Crippen LogP contribution in [0.5, 0.6) is 0 Å². The monoisotopic (exact) mass is 251 g/mol. The molecule has 2 heterocycles. The molecule has 0 amide bonds. The van der Waals surface area contributed by atoms with Gasteiger partial charge in [-0.2, -0.15) is 4.98 Å². The van der Waals surface area contributed by atoms with Crippen LogP contribution in [0.3, 0.4) is 0 Å². The van der Waals surface area contributed by atoms with Gasteiger partial charge < -0.3 is 14.0 Å². The number of aliphatic hydroxyl groups is 1. The van der Waals surface area contributed by atoms with Crippen LogP contribution in [0.1, 0.15) is 19.7 Å². The molecule has 0 aliphatic rings. The van der Waals surface area contributed by atoms with Crippen molar-refractivity contribution in [1.82, 2.24) is 15.0 Å². The highest BCUT2D eigenvalue weighted by Crippen LogP contribution is 2.16.